The molecular weight excluding hydrogens is 217 g/mol. The van der Waals surface area contributed by atoms with E-state index in [1.54, 1.807) is 18.2 Å². The van der Waals surface area contributed by atoms with Crippen LogP contribution in [0.5, 0.6) is 5.75 Å². The van der Waals surface area contributed by atoms with E-state index in [9.17, 15) is 4.39 Å². The molecule has 84 valence electrons. The first-order valence-corrected chi connectivity index (χ1v) is 5.24. The van der Waals surface area contributed by atoms with Gasteiger partial charge in [0, 0.05) is 11.1 Å². The van der Waals surface area contributed by atoms with Crippen LogP contribution in [0, 0.1) is 0 Å². The van der Waals surface area contributed by atoms with Crippen molar-refractivity contribution >= 4 is 11.6 Å². The van der Waals surface area contributed by atoms with Crippen molar-refractivity contribution in [2.75, 3.05) is 13.3 Å². The molecule has 0 fully saturated rings. The summed E-state index contributed by atoms with van der Waals surface area (Å²) < 4.78 is 17.2. The normalized spacial score (nSPS) is 12.5. The summed E-state index contributed by atoms with van der Waals surface area (Å²) in [5, 5.41) is 0.637. The lowest BCUT2D eigenvalue weighted by Crippen LogP contribution is -2.18. The molecule has 1 rings (SSSR count). The van der Waals surface area contributed by atoms with Gasteiger partial charge in [-0.2, -0.15) is 0 Å². The smallest absolute Gasteiger partial charge is 0.123 e. The predicted molar refractivity (Wildman–Crippen MR) is 60.3 cm³/mol. The van der Waals surface area contributed by atoms with Crippen LogP contribution in [0.25, 0.3) is 0 Å². The molecule has 0 saturated carbocycles. The third kappa shape index (κ3) is 4.06. The summed E-state index contributed by atoms with van der Waals surface area (Å²) in [7, 11) is 0. The largest absolute Gasteiger partial charge is 0.491 e. The Morgan fingerprint density at radius 1 is 1.53 bits per heavy atom. The third-order valence-corrected chi connectivity index (χ3v) is 2.13. The first kappa shape index (κ1) is 12.3. The summed E-state index contributed by atoms with van der Waals surface area (Å²) in [6.45, 7) is 1.47. The monoisotopic (exact) mass is 231 g/mol. The Morgan fingerprint density at radius 2 is 2.27 bits per heavy atom. The summed E-state index contributed by atoms with van der Waals surface area (Å²) >= 11 is 5.86. The number of hydrogen-bond donors (Lipinski definition) is 1. The van der Waals surface area contributed by atoms with Crippen LogP contribution in [0.3, 0.4) is 0 Å². The standard InChI is InChI=1S/C11H15ClFNO/c1-8(14)6-9-7-10(12)2-3-11(9)15-5-4-13/h2-3,7-8H,4-6,14H2,1H3. The molecule has 0 saturated heterocycles. The molecule has 0 radical (unpaired) electrons. The molecule has 4 heteroatoms. The Kier molecular flexibility index (Phi) is 4.85. The molecule has 0 amide bonds. The van der Waals surface area contributed by atoms with Crippen LogP contribution in [0.4, 0.5) is 4.39 Å². The summed E-state index contributed by atoms with van der Waals surface area (Å²) in [6, 6.07) is 5.30. The zero-order valence-corrected chi connectivity index (χ0v) is 9.43. The summed E-state index contributed by atoms with van der Waals surface area (Å²) in [4.78, 5) is 0. The average molecular weight is 232 g/mol. The van der Waals surface area contributed by atoms with Crippen LogP contribution >= 0.6 is 11.6 Å². The van der Waals surface area contributed by atoms with Crippen LogP contribution < -0.4 is 10.5 Å². The highest BCUT2D eigenvalue weighted by molar-refractivity contribution is 6.30. The molecule has 0 heterocycles. The van der Waals surface area contributed by atoms with E-state index >= 15 is 0 Å². The molecule has 1 aromatic carbocycles. The molecule has 0 aliphatic heterocycles. The second kappa shape index (κ2) is 5.93. The van der Waals surface area contributed by atoms with Gasteiger partial charge in [-0.1, -0.05) is 11.6 Å². The second-order valence-corrected chi connectivity index (χ2v) is 3.91. The van der Waals surface area contributed by atoms with Gasteiger partial charge in [-0.25, -0.2) is 4.39 Å². The van der Waals surface area contributed by atoms with Crippen molar-refractivity contribution in [2.24, 2.45) is 5.73 Å². The molecule has 15 heavy (non-hydrogen) atoms. The van der Waals surface area contributed by atoms with Gasteiger partial charge in [0.1, 0.15) is 19.0 Å². The van der Waals surface area contributed by atoms with Crippen LogP contribution in [0.1, 0.15) is 12.5 Å². The molecule has 0 spiro atoms. The number of halogens is 2. The Morgan fingerprint density at radius 3 is 2.87 bits per heavy atom. The van der Waals surface area contributed by atoms with Crippen molar-refractivity contribution in [1.82, 2.24) is 0 Å². The summed E-state index contributed by atoms with van der Waals surface area (Å²) in [5.41, 5.74) is 6.62. The molecule has 0 aromatic heterocycles. The molecule has 1 unspecified atom stereocenters. The highest BCUT2D eigenvalue weighted by Crippen LogP contribution is 2.24. The Bertz CT molecular complexity index is 317. The van der Waals surface area contributed by atoms with E-state index < -0.39 is 6.67 Å². The van der Waals surface area contributed by atoms with Crippen molar-refractivity contribution < 1.29 is 9.13 Å². The summed E-state index contributed by atoms with van der Waals surface area (Å²) in [5.74, 6) is 0.661. The SMILES string of the molecule is CC(N)Cc1cc(Cl)ccc1OCCF. The Balaban J connectivity index is 2.82. The number of nitrogens with two attached hydrogens (primary N) is 1. The minimum Gasteiger partial charge on any atom is -0.491 e. The van der Waals surface area contributed by atoms with Crippen molar-refractivity contribution in [1.29, 1.82) is 0 Å². The molecule has 0 aliphatic rings. The molecular formula is C11H15ClFNO. The lowest BCUT2D eigenvalue weighted by atomic mass is 10.1. The highest BCUT2D eigenvalue weighted by Gasteiger charge is 2.07. The van der Waals surface area contributed by atoms with Crippen LogP contribution in [-0.4, -0.2) is 19.3 Å². The number of hydrogen-bond acceptors (Lipinski definition) is 2. The van der Waals surface area contributed by atoms with Crippen molar-refractivity contribution in [3.8, 4) is 5.75 Å². The quantitative estimate of drug-likeness (QED) is 0.846. The van der Waals surface area contributed by atoms with E-state index in [1.165, 1.54) is 0 Å². The van der Waals surface area contributed by atoms with Gasteiger partial charge in [-0.15, -0.1) is 0 Å². The van der Waals surface area contributed by atoms with E-state index in [0.29, 0.717) is 17.2 Å². The Hall–Kier alpha value is -0.800. The average Bonchev–Trinajstić information content (AvgIpc) is 2.16. The maximum absolute atomic E-state index is 12.0. The number of rotatable bonds is 5. The van der Waals surface area contributed by atoms with E-state index in [0.717, 1.165) is 5.56 Å². The molecule has 1 aromatic rings. The second-order valence-electron chi connectivity index (χ2n) is 3.47. The van der Waals surface area contributed by atoms with Crippen LogP contribution in [-0.2, 0) is 6.42 Å². The van der Waals surface area contributed by atoms with Gasteiger partial charge in [0.15, 0.2) is 0 Å². The van der Waals surface area contributed by atoms with Crippen LogP contribution in [0.2, 0.25) is 5.02 Å². The molecule has 2 N–H and O–H groups in total. The lowest BCUT2D eigenvalue weighted by molar-refractivity contribution is 0.270. The third-order valence-electron chi connectivity index (χ3n) is 1.90. The Labute approximate surface area is 94.2 Å². The molecule has 2 nitrogen and oxygen atoms in total. The number of alkyl halides is 1. The van der Waals surface area contributed by atoms with Gasteiger partial charge in [0.25, 0.3) is 0 Å². The van der Waals surface area contributed by atoms with Gasteiger partial charge in [-0.05, 0) is 37.1 Å². The minimum atomic E-state index is -0.500. The first-order valence-electron chi connectivity index (χ1n) is 4.86. The fourth-order valence-electron chi connectivity index (χ4n) is 1.34. The zero-order valence-electron chi connectivity index (χ0n) is 8.67. The van der Waals surface area contributed by atoms with Gasteiger partial charge < -0.3 is 10.5 Å². The first-order chi connectivity index (χ1) is 7.13. The molecule has 0 aliphatic carbocycles. The molecule has 0 bridgehead atoms. The molecule has 1 atom stereocenters. The van der Waals surface area contributed by atoms with Gasteiger partial charge in [0.05, 0.1) is 0 Å². The van der Waals surface area contributed by atoms with Gasteiger partial charge >= 0.3 is 0 Å². The van der Waals surface area contributed by atoms with Crippen molar-refractivity contribution in [3.63, 3.8) is 0 Å². The van der Waals surface area contributed by atoms with E-state index in [4.69, 9.17) is 22.1 Å². The minimum absolute atomic E-state index is 0.0243. The van der Waals surface area contributed by atoms with Gasteiger partial charge in [-0.3, -0.25) is 0 Å². The topological polar surface area (TPSA) is 35.2 Å². The fraction of sp³-hybridized carbons (Fsp3) is 0.455. The van der Waals surface area contributed by atoms with Crippen LogP contribution in [0.15, 0.2) is 18.2 Å². The van der Waals surface area contributed by atoms with Crippen molar-refractivity contribution in [3.05, 3.63) is 28.8 Å². The van der Waals surface area contributed by atoms with Crippen molar-refractivity contribution in [2.45, 2.75) is 19.4 Å². The maximum Gasteiger partial charge on any atom is 0.123 e. The fourth-order valence-corrected chi connectivity index (χ4v) is 1.54. The number of benzene rings is 1. The summed E-state index contributed by atoms with van der Waals surface area (Å²) in [6.07, 6.45) is 0.669. The maximum atomic E-state index is 12.0. The van der Waals surface area contributed by atoms with E-state index in [2.05, 4.69) is 0 Å². The van der Waals surface area contributed by atoms with Gasteiger partial charge in [0.2, 0.25) is 0 Å². The zero-order chi connectivity index (χ0) is 11.3. The number of ether oxygens (including phenoxy) is 1. The lowest BCUT2D eigenvalue weighted by Gasteiger charge is -2.12. The predicted octanol–water partition coefficient (Wildman–Crippen LogP) is 2.58. The van der Waals surface area contributed by atoms with E-state index in [-0.39, 0.29) is 12.6 Å². The van der Waals surface area contributed by atoms with E-state index in [1.807, 2.05) is 6.92 Å². The highest BCUT2D eigenvalue weighted by atomic mass is 35.5.